The van der Waals surface area contributed by atoms with Crippen molar-refractivity contribution in [2.24, 2.45) is 5.41 Å². The van der Waals surface area contributed by atoms with Crippen LogP contribution in [0.4, 0.5) is 5.69 Å². The average Bonchev–Trinajstić information content (AvgIpc) is 2.99. The minimum atomic E-state index is 0.184. The summed E-state index contributed by atoms with van der Waals surface area (Å²) in [6.07, 6.45) is 6.55. The second-order valence-corrected chi connectivity index (χ2v) is 6.20. The van der Waals surface area contributed by atoms with E-state index in [1.165, 1.54) is 25.7 Å². The second-order valence-electron chi connectivity index (χ2n) is 6.20. The average molecular weight is 291 g/mol. The minimum Gasteiger partial charge on any atom is -0.504 e. The number of anilines is 1. The van der Waals surface area contributed by atoms with E-state index < -0.39 is 0 Å². The monoisotopic (exact) mass is 291 g/mol. The van der Waals surface area contributed by atoms with Crippen molar-refractivity contribution in [3.8, 4) is 11.5 Å². The van der Waals surface area contributed by atoms with Crippen molar-refractivity contribution in [1.29, 1.82) is 0 Å². The van der Waals surface area contributed by atoms with Gasteiger partial charge < -0.3 is 19.9 Å². The molecule has 2 aliphatic rings. The highest BCUT2D eigenvalue weighted by Gasteiger charge is 2.56. The molecule has 0 radical (unpaired) electrons. The molecule has 0 aliphatic heterocycles. The summed E-state index contributed by atoms with van der Waals surface area (Å²) >= 11 is 0. The molecule has 4 heteroatoms. The topological polar surface area (TPSA) is 50.7 Å². The van der Waals surface area contributed by atoms with E-state index in [-0.39, 0.29) is 5.75 Å². The van der Waals surface area contributed by atoms with E-state index in [9.17, 15) is 5.11 Å². The number of phenols is 1. The van der Waals surface area contributed by atoms with E-state index >= 15 is 0 Å². The van der Waals surface area contributed by atoms with Gasteiger partial charge in [0.25, 0.3) is 0 Å². The van der Waals surface area contributed by atoms with Gasteiger partial charge in [-0.3, -0.25) is 0 Å². The van der Waals surface area contributed by atoms with Gasteiger partial charge in [-0.2, -0.15) is 0 Å². The molecule has 0 heterocycles. The third-order valence-electron chi connectivity index (χ3n) is 5.21. The van der Waals surface area contributed by atoms with Crippen LogP contribution in [0.25, 0.3) is 0 Å². The number of ether oxygens (including phenoxy) is 2. The molecule has 0 bridgehead atoms. The Hall–Kier alpha value is -1.42. The van der Waals surface area contributed by atoms with Crippen molar-refractivity contribution in [2.45, 2.75) is 51.2 Å². The van der Waals surface area contributed by atoms with E-state index in [0.29, 0.717) is 23.3 Å². The van der Waals surface area contributed by atoms with Crippen LogP contribution < -0.4 is 10.1 Å². The third kappa shape index (κ3) is 2.46. The molecule has 2 atom stereocenters. The number of aromatic hydroxyl groups is 1. The van der Waals surface area contributed by atoms with Crippen molar-refractivity contribution < 1.29 is 14.6 Å². The Morgan fingerprint density at radius 1 is 1.33 bits per heavy atom. The number of hydrogen-bond acceptors (Lipinski definition) is 4. The van der Waals surface area contributed by atoms with Crippen LogP contribution in [0, 0.1) is 5.41 Å². The van der Waals surface area contributed by atoms with E-state index in [0.717, 1.165) is 18.7 Å². The Balaban J connectivity index is 1.72. The maximum absolute atomic E-state index is 9.90. The van der Waals surface area contributed by atoms with Crippen LogP contribution in [0.2, 0.25) is 0 Å². The zero-order chi connectivity index (χ0) is 14.9. The van der Waals surface area contributed by atoms with Crippen molar-refractivity contribution in [1.82, 2.24) is 0 Å². The Bertz CT molecular complexity index is 497. The Labute approximate surface area is 126 Å². The van der Waals surface area contributed by atoms with Gasteiger partial charge in [0.1, 0.15) is 0 Å². The molecule has 2 aliphatic carbocycles. The molecule has 3 rings (SSSR count). The lowest BCUT2D eigenvalue weighted by molar-refractivity contribution is -0.114. The SMILES string of the molecule is CCOC1CC(Nc2ccc(OC)c(O)c2)C12CCCC2. The van der Waals surface area contributed by atoms with Crippen LogP contribution >= 0.6 is 0 Å². The van der Waals surface area contributed by atoms with Crippen molar-refractivity contribution >= 4 is 5.69 Å². The van der Waals surface area contributed by atoms with Crippen molar-refractivity contribution in [3.05, 3.63) is 18.2 Å². The summed E-state index contributed by atoms with van der Waals surface area (Å²) in [7, 11) is 1.56. The summed E-state index contributed by atoms with van der Waals surface area (Å²) < 4.78 is 11.0. The summed E-state index contributed by atoms with van der Waals surface area (Å²) in [6.45, 7) is 2.87. The highest BCUT2D eigenvalue weighted by molar-refractivity contribution is 5.55. The van der Waals surface area contributed by atoms with Crippen LogP contribution in [-0.2, 0) is 4.74 Å². The van der Waals surface area contributed by atoms with Gasteiger partial charge in [-0.25, -0.2) is 0 Å². The number of methoxy groups -OCH3 is 1. The van der Waals surface area contributed by atoms with Crippen LogP contribution in [0.1, 0.15) is 39.0 Å². The van der Waals surface area contributed by atoms with Crippen LogP contribution in [0.3, 0.4) is 0 Å². The molecular formula is C17H25NO3. The van der Waals surface area contributed by atoms with Gasteiger partial charge in [0.05, 0.1) is 13.2 Å². The van der Waals surface area contributed by atoms with Crippen LogP contribution in [-0.4, -0.2) is 31.0 Å². The van der Waals surface area contributed by atoms with E-state index in [1.807, 2.05) is 6.07 Å². The Morgan fingerprint density at radius 2 is 2.10 bits per heavy atom. The number of hydrogen-bond donors (Lipinski definition) is 2. The zero-order valence-corrected chi connectivity index (χ0v) is 12.9. The smallest absolute Gasteiger partial charge is 0.160 e. The molecule has 2 N–H and O–H groups in total. The molecule has 21 heavy (non-hydrogen) atoms. The summed E-state index contributed by atoms with van der Waals surface area (Å²) in [6, 6.07) is 5.96. The summed E-state index contributed by atoms with van der Waals surface area (Å²) in [5.74, 6) is 0.695. The molecule has 116 valence electrons. The molecule has 1 aromatic carbocycles. The lowest BCUT2D eigenvalue weighted by Crippen LogP contribution is -2.60. The fourth-order valence-corrected chi connectivity index (χ4v) is 4.07. The van der Waals surface area contributed by atoms with E-state index in [2.05, 4.69) is 12.2 Å². The van der Waals surface area contributed by atoms with E-state index in [1.54, 1.807) is 19.2 Å². The second kappa shape index (κ2) is 5.76. The molecule has 1 spiro atoms. The summed E-state index contributed by atoms with van der Waals surface area (Å²) in [5, 5.41) is 13.5. The molecule has 0 saturated heterocycles. The number of phenolic OH excluding ortho intramolecular Hbond substituents is 1. The molecule has 4 nitrogen and oxygen atoms in total. The Kier molecular flexibility index (Phi) is 3.98. The first-order chi connectivity index (χ1) is 10.2. The van der Waals surface area contributed by atoms with Crippen LogP contribution in [0.5, 0.6) is 11.5 Å². The third-order valence-corrected chi connectivity index (χ3v) is 5.21. The zero-order valence-electron chi connectivity index (χ0n) is 12.9. The molecule has 0 amide bonds. The molecule has 2 unspecified atom stereocenters. The maximum Gasteiger partial charge on any atom is 0.160 e. The Morgan fingerprint density at radius 3 is 2.71 bits per heavy atom. The predicted molar refractivity (Wildman–Crippen MR) is 83.0 cm³/mol. The first-order valence-electron chi connectivity index (χ1n) is 7.95. The van der Waals surface area contributed by atoms with Gasteiger partial charge in [-0.05, 0) is 38.3 Å². The van der Waals surface area contributed by atoms with Gasteiger partial charge in [-0.15, -0.1) is 0 Å². The van der Waals surface area contributed by atoms with Gasteiger partial charge in [-0.1, -0.05) is 12.8 Å². The van der Waals surface area contributed by atoms with Crippen molar-refractivity contribution in [2.75, 3.05) is 19.0 Å². The fourth-order valence-electron chi connectivity index (χ4n) is 4.07. The molecule has 1 aromatic rings. The van der Waals surface area contributed by atoms with Gasteiger partial charge in [0, 0.05) is 29.8 Å². The van der Waals surface area contributed by atoms with Crippen LogP contribution in [0.15, 0.2) is 18.2 Å². The maximum atomic E-state index is 9.90. The lowest BCUT2D eigenvalue weighted by Gasteiger charge is -2.54. The van der Waals surface area contributed by atoms with Gasteiger partial charge in [0.15, 0.2) is 11.5 Å². The number of benzene rings is 1. The molecule has 2 saturated carbocycles. The highest BCUT2D eigenvalue weighted by atomic mass is 16.5. The molecular weight excluding hydrogens is 266 g/mol. The first-order valence-corrected chi connectivity index (χ1v) is 7.95. The summed E-state index contributed by atoms with van der Waals surface area (Å²) in [4.78, 5) is 0. The predicted octanol–water partition coefficient (Wildman–Crippen LogP) is 3.55. The van der Waals surface area contributed by atoms with Crippen molar-refractivity contribution in [3.63, 3.8) is 0 Å². The summed E-state index contributed by atoms with van der Waals surface area (Å²) in [5.41, 5.74) is 1.26. The number of rotatable bonds is 5. The standard InChI is InChI=1S/C17H25NO3/c1-3-21-16-11-15(17(16)8-4-5-9-17)18-12-6-7-14(20-2)13(19)10-12/h6-7,10,15-16,18-19H,3-5,8-9,11H2,1-2H3. The highest BCUT2D eigenvalue weighted by Crippen LogP contribution is 2.55. The van der Waals surface area contributed by atoms with E-state index in [4.69, 9.17) is 9.47 Å². The van der Waals surface area contributed by atoms with Gasteiger partial charge >= 0.3 is 0 Å². The molecule has 2 fully saturated rings. The minimum absolute atomic E-state index is 0.184. The lowest BCUT2D eigenvalue weighted by atomic mass is 9.60. The molecule has 0 aromatic heterocycles. The normalized spacial score (nSPS) is 26.6. The van der Waals surface area contributed by atoms with Gasteiger partial charge in [0.2, 0.25) is 0 Å². The largest absolute Gasteiger partial charge is 0.504 e. The number of nitrogens with one attached hydrogen (secondary N) is 1. The first kappa shape index (κ1) is 14.5. The quantitative estimate of drug-likeness (QED) is 0.871. The fraction of sp³-hybridized carbons (Fsp3) is 0.647.